The molecule has 0 aliphatic carbocycles. The number of hydrogen-bond acceptors (Lipinski definition) is 7. The summed E-state index contributed by atoms with van der Waals surface area (Å²) >= 11 is 7.72. The van der Waals surface area contributed by atoms with Gasteiger partial charge in [0.2, 0.25) is 0 Å². The lowest BCUT2D eigenvalue weighted by Gasteiger charge is -2.09. The van der Waals surface area contributed by atoms with Gasteiger partial charge in [0.05, 0.1) is 18.9 Å². The van der Waals surface area contributed by atoms with E-state index in [0.717, 1.165) is 16.1 Å². The van der Waals surface area contributed by atoms with Gasteiger partial charge >= 0.3 is 5.97 Å². The van der Waals surface area contributed by atoms with Crippen LogP contribution in [0.5, 0.6) is 0 Å². The Bertz CT molecular complexity index is 1060. The molecule has 2 aromatic heterocycles. The third-order valence-corrected chi connectivity index (χ3v) is 5.56. The third-order valence-electron chi connectivity index (χ3n) is 4.13. The van der Waals surface area contributed by atoms with Crippen LogP contribution >= 0.6 is 22.9 Å². The molecule has 0 fully saturated rings. The predicted octanol–water partition coefficient (Wildman–Crippen LogP) is 2.97. The van der Waals surface area contributed by atoms with E-state index in [9.17, 15) is 4.79 Å². The molecule has 1 aliphatic heterocycles. The van der Waals surface area contributed by atoms with Gasteiger partial charge in [-0.3, -0.25) is 9.56 Å². The van der Waals surface area contributed by atoms with Gasteiger partial charge in [-0.25, -0.2) is 4.79 Å². The average molecular weight is 402 g/mol. The number of rotatable bonds is 4. The number of benzene rings is 1. The van der Waals surface area contributed by atoms with E-state index < -0.39 is 0 Å². The van der Waals surface area contributed by atoms with Crippen molar-refractivity contribution in [2.45, 2.75) is 20.0 Å². The van der Waals surface area contributed by atoms with Gasteiger partial charge in [0.15, 0.2) is 11.6 Å². The van der Waals surface area contributed by atoms with Gasteiger partial charge in [0, 0.05) is 16.1 Å². The Morgan fingerprint density at radius 1 is 1.33 bits per heavy atom. The highest BCUT2D eigenvalue weighted by molar-refractivity contribution is 7.16. The van der Waals surface area contributed by atoms with Crippen LogP contribution in [0.1, 0.15) is 39.4 Å². The van der Waals surface area contributed by atoms with Crippen LogP contribution in [0.15, 0.2) is 35.3 Å². The molecule has 1 aromatic carbocycles. The summed E-state index contributed by atoms with van der Waals surface area (Å²) < 4.78 is 7.04. The fourth-order valence-corrected chi connectivity index (χ4v) is 4.28. The molecule has 138 valence electrons. The number of nitrogens with zero attached hydrogens (tertiary/aromatic N) is 4. The number of aromatic nitrogens is 3. The van der Waals surface area contributed by atoms with Crippen LogP contribution in [0.3, 0.4) is 0 Å². The van der Waals surface area contributed by atoms with Gasteiger partial charge in [0.25, 0.3) is 0 Å². The zero-order valence-corrected chi connectivity index (χ0v) is 16.0. The summed E-state index contributed by atoms with van der Waals surface area (Å²) in [5.41, 5.74) is 8.12. The minimum atomic E-state index is -0.377. The smallest absolute Gasteiger partial charge is 0.348 e. The van der Waals surface area contributed by atoms with Crippen molar-refractivity contribution in [3.05, 3.63) is 63.0 Å². The van der Waals surface area contributed by atoms with Gasteiger partial charge in [-0.2, -0.15) is 0 Å². The highest BCUT2D eigenvalue weighted by Crippen LogP contribution is 2.34. The number of thiophene rings is 1. The van der Waals surface area contributed by atoms with Crippen molar-refractivity contribution < 1.29 is 9.53 Å². The molecule has 4 rings (SSSR count). The summed E-state index contributed by atoms with van der Waals surface area (Å²) in [4.78, 5) is 17.5. The molecule has 3 heterocycles. The first kappa shape index (κ1) is 17.8. The van der Waals surface area contributed by atoms with Gasteiger partial charge in [0.1, 0.15) is 16.4 Å². The van der Waals surface area contributed by atoms with E-state index in [1.54, 1.807) is 13.0 Å². The van der Waals surface area contributed by atoms with E-state index in [0.29, 0.717) is 40.4 Å². The Labute approximate surface area is 164 Å². The van der Waals surface area contributed by atoms with E-state index in [1.807, 2.05) is 28.8 Å². The number of halogens is 1. The number of hydrogen-bond donors (Lipinski definition) is 1. The van der Waals surface area contributed by atoms with E-state index in [4.69, 9.17) is 27.1 Å². The lowest BCUT2D eigenvalue weighted by atomic mass is 10.0. The van der Waals surface area contributed by atoms with Gasteiger partial charge in [-0.1, -0.05) is 29.8 Å². The highest BCUT2D eigenvalue weighted by Gasteiger charge is 2.27. The van der Waals surface area contributed by atoms with Gasteiger partial charge in [-0.05, 0) is 19.1 Å². The van der Waals surface area contributed by atoms with Crippen molar-refractivity contribution in [2.24, 2.45) is 10.7 Å². The summed E-state index contributed by atoms with van der Waals surface area (Å²) in [6, 6.07) is 9.27. The monoisotopic (exact) mass is 401 g/mol. The Hall–Kier alpha value is -2.55. The molecule has 0 atom stereocenters. The molecule has 7 nitrogen and oxygen atoms in total. The standard InChI is InChI=1S/C18H16ClN5O2S/c1-2-26-18(25)13-7-11-16(10-5-3-4-6-12(10)19)21-9-15-23-22-14(8-20)24(15)17(11)27-13/h3-7H,2,8-9,20H2,1H3. The second kappa shape index (κ2) is 7.22. The zero-order chi connectivity index (χ0) is 19.0. The molecule has 0 unspecified atom stereocenters. The molecule has 0 amide bonds. The van der Waals surface area contributed by atoms with E-state index in [-0.39, 0.29) is 12.5 Å². The first-order valence-electron chi connectivity index (χ1n) is 8.38. The van der Waals surface area contributed by atoms with Crippen molar-refractivity contribution in [1.29, 1.82) is 0 Å². The number of aliphatic imine (C=N–C) groups is 1. The van der Waals surface area contributed by atoms with Gasteiger partial charge in [-0.15, -0.1) is 21.5 Å². The predicted molar refractivity (Wildman–Crippen MR) is 104 cm³/mol. The topological polar surface area (TPSA) is 95.4 Å². The molecule has 0 saturated carbocycles. The number of carbonyl (C=O) groups excluding carboxylic acids is 1. The summed E-state index contributed by atoms with van der Waals surface area (Å²) in [6.45, 7) is 2.64. The lowest BCUT2D eigenvalue weighted by molar-refractivity contribution is 0.0532. The van der Waals surface area contributed by atoms with Crippen LogP contribution in [0, 0.1) is 0 Å². The van der Waals surface area contributed by atoms with Crippen molar-refractivity contribution in [1.82, 2.24) is 14.8 Å². The van der Waals surface area contributed by atoms with Crippen LogP contribution in [0.4, 0.5) is 0 Å². The molecule has 0 radical (unpaired) electrons. The Balaban J connectivity index is 1.95. The molecule has 0 spiro atoms. The number of nitrogens with two attached hydrogens (primary N) is 1. The van der Waals surface area contributed by atoms with Crippen LogP contribution in [0.25, 0.3) is 5.00 Å². The molecule has 2 N–H and O–H groups in total. The maximum Gasteiger partial charge on any atom is 0.348 e. The summed E-state index contributed by atoms with van der Waals surface area (Å²) in [5, 5.41) is 9.73. The summed E-state index contributed by atoms with van der Waals surface area (Å²) in [7, 11) is 0. The minimum Gasteiger partial charge on any atom is -0.462 e. The second-order valence-electron chi connectivity index (χ2n) is 5.77. The third kappa shape index (κ3) is 3.05. The molecule has 0 saturated heterocycles. The SMILES string of the molecule is CCOC(=O)c1cc2c(s1)-n1c(CN)nnc1CN=C2c1ccccc1Cl. The van der Waals surface area contributed by atoms with Crippen LogP contribution < -0.4 is 5.73 Å². The minimum absolute atomic E-state index is 0.223. The number of esters is 1. The normalized spacial score (nSPS) is 12.8. The summed E-state index contributed by atoms with van der Waals surface area (Å²) in [5.74, 6) is 0.896. The largest absolute Gasteiger partial charge is 0.462 e. The fourth-order valence-electron chi connectivity index (χ4n) is 2.96. The average Bonchev–Trinajstić information content (AvgIpc) is 3.24. The fraction of sp³-hybridized carbons (Fsp3) is 0.222. The lowest BCUT2D eigenvalue weighted by Crippen LogP contribution is -2.09. The van der Waals surface area contributed by atoms with Gasteiger partial charge < -0.3 is 10.5 Å². The number of ether oxygens (including phenoxy) is 1. The van der Waals surface area contributed by atoms with Crippen LogP contribution in [-0.2, 0) is 17.8 Å². The molecule has 27 heavy (non-hydrogen) atoms. The van der Waals surface area contributed by atoms with Crippen molar-refractivity contribution in [2.75, 3.05) is 6.61 Å². The van der Waals surface area contributed by atoms with E-state index in [2.05, 4.69) is 10.2 Å². The first-order valence-corrected chi connectivity index (χ1v) is 9.57. The molecular formula is C18H16ClN5O2S. The number of fused-ring (bicyclic) bond motifs is 3. The Morgan fingerprint density at radius 3 is 2.89 bits per heavy atom. The quantitative estimate of drug-likeness (QED) is 0.678. The molecule has 3 aromatic rings. The second-order valence-corrected chi connectivity index (χ2v) is 7.20. The van der Waals surface area contributed by atoms with Crippen LogP contribution in [0.2, 0.25) is 5.02 Å². The molecular weight excluding hydrogens is 386 g/mol. The Morgan fingerprint density at radius 2 is 2.15 bits per heavy atom. The van der Waals surface area contributed by atoms with Crippen molar-refractivity contribution in [3.63, 3.8) is 0 Å². The maximum atomic E-state index is 12.3. The van der Waals surface area contributed by atoms with E-state index >= 15 is 0 Å². The zero-order valence-electron chi connectivity index (χ0n) is 14.5. The first-order chi connectivity index (χ1) is 13.1. The van der Waals surface area contributed by atoms with Crippen LogP contribution in [-0.4, -0.2) is 33.1 Å². The Kier molecular flexibility index (Phi) is 4.77. The van der Waals surface area contributed by atoms with Crippen molar-refractivity contribution >= 4 is 34.6 Å². The van der Waals surface area contributed by atoms with E-state index in [1.165, 1.54) is 11.3 Å². The van der Waals surface area contributed by atoms with Crippen molar-refractivity contribution in [3.8, 4) is 5.00 Å². The summed E-state index contributed by atoms with van der Waals surface area (Å²) in [6.07, 6.45) is 0. The molecule has 0 bridgehead atoms. The maximum absolute atomic E-state index is 12.3. The molecule has 9 heteroatoms. The number of carbonyl (C=O) groups is 1. The molecule has 1 aliphatic rings. The highest BCUT2D eigenvalue weighted by atomic mass is 35.5.